The Labute approximate surface area is 184 Å². The topological polar surface area (TPSA) is 121 Å². The molecule has 0 saturated heterocycles. The number of hydrogen-bond acceptors (Lipinski definition) is 7. The van der Waals surface area contributed by atoms with Crippen LogP contribution in [0.5, 0.6) is 0 Å². The lowest BCUT2D eigenvalue weighted by molar-refractivity contribution is 0.0475. The summed E-state index contributed by atoms with van der Waals surface area (Å²) in [6, 6.07) is 2.23. The van der Waals surface area contributed by atoms with Crippen molar-refractivity contribution in [2.24, 2.45) is 0 Å². The van der Waals surface area contributed by atoms with Crippen molar-refractivity contribution in [1.82, 2.24) is 25.6 Å². The van der Waals surface area contributed by atoms with Crippen molar-refractivity contribution in [3.05, 3.63) is 29.5 Å². The van der Waals surface area contributed by atoms with Crippen LogP contribution in [0, 0.1) is 0 Å². The van der Waals surface area contributed by atoms with Crippen molar-refractivity contribution in [2.75, 3.05) is 12.4 Å². The van der Waals surface area contributed by atoms with Crippen molar-refractivity contribution in [2.45, 2.75) is 51.3 Å². The van der Waals surface area contributed by atoms with Gasteiger partial charge in [-0.2, -0.15) is 0 Å². The molecule has 9 nitrogen and oxygen atoms in total. The zero-order chi connectivity index (χ0) is 22.2. The summed E-state index contributed by atoms with van der Waals surface area (Å²) in [5.41, 5.74) is 2.41. The molecule has 1 aliphatic carbocycles. The van der Waals surface area contributed by atoms with Crippen LogP contribution in [0.15, 0.2) is 23.8 Å². The van der Waals surface area contributed by atoms with Crippen molar-refractivity contribution in [1.29, 1.82) is 0 Å². The molecule has 3 aromatic heterocycles. The van der Waals surface area contributed by atoms with Crippen molar-refractivity contribution in [3.8, 4) is 10.6 Å². The minimum Gasteiger partial charge on any atom is -0.444 e. The van der Waals surface area contributed by atoms with Gasteiger partial charge in [-0.05, 0) is 39.7 Å². The highest BCUT2D eigenvalue weighted by atomic mass is 32.1. The van der Waals surface area contributed by atoms with E-state index in [0.717, 1.165) is 40.1 Å². The molecule has 0 atom stereocenters. The van der Waals surface area contributed by atoms with Crippen LogP contribution in [0.1, 0.15) is 44.1 Å². The molecule has 1 fully saturated rings. The molecule has 0 unspecified atom stereocenters. The lowest BCUT2D eigenvalue weighted by Crippen LogP contribution is -2.50. The van der Waals surface area contributed by atoms with Gasteiger partial charge in [-0.25, -0.2) is 14.8 Å². The molecule has 0 spiro atoms. The van der Waals surface area contributed by atoms with Crippen LogP contribution in [0.3, 0.4) is 0 Å². The molecule has 4 N–H and O–H groups in total. The highest BCUT2D eigenvalue weighted by molar-refractivity contribution is 7.13. The Morgan fingerprint density at radius 2 is 2.03 bits per heavy atom. The quantitative estimate of drug-likeness (QED) is 0.480. The third kappa shape index (κ3) is 4.63. The number of H-pyrrole nitrogens is 1. The number of hydrogen-bond donors (Lipinski definition) is 4. The Balaban J connectivity index is 1.50. The highest BCUT2D eigenvalue weighted by Gasteiger charge is 2.32. The summed E-state index contributed by atoms with van der Waals surface area (Å²) in [4.78, 5) is 36.0. The van der Waals surface area contributed by atoms with E-state index in [4.69, 9.17) is 4.74 Å². The summed E-state index contributed by atoms with van der Waals surface area (Å²) in [5.74, 6) is -0.220. The van der Waals surface area contributed by atoms with Crippen LogP contribution in [-0.2, 0) is 4.74 Å². The maximum atomic E-state index is 12.0. The van der Waals surface area contributed by atoms with Gasteiger partial charge in [0.25, 0.3) is 5.91 Å². The second-order valence-corrected chi connectivity index (χ2v) is 9.42. The summed E-state index contributed by atoms with van der Waals surface area (Å²) in [5, 5.41) is 12.5. The van der Waals surface area contributed by atoms with Crippen LogP contribution in [0.4, 0.5) is 10.5 Å². The van der Waals surface area contributed by atoms with E-state index < -0.39 is 11.7 Å². The first-order valence-corrected chi connectivity index (χ1v) is 11.0. The van der Waals surface area contributed by atoms with Gasteiger partial charge in [-0.3, -0.25) is 4.79 Å². The molecular formula is C21H26N6O3S. The summed E-state index contributed by atoms with van der Waals surface area (Å²) in [6.07, 6.45) is 4.79. The van der Waals surface area contributed by atoms with Gasteiger partial charge in [-0.1, -0.05) is 0 Å². The molecule has 0 radical (unpaired) electrons. The number of ether oxygens (including phenoxy) is 1. The molecule has 164 valence electrons. The Hall–Kier alpha value is -3.14. The largest absolute Gasteiger partial charge is 0.444 e. The second kappa shape index (κ2) is 8.18. The highest BCUT2D eigenvalue weighted by Crippen LogP contribution is 2.37. The van der Waals surface area contributed by atoms with Gasteiger partial charge in [0.05, 0.1) is 11.3 Å². The Morgan fingerprint density at radius 3 is 2.74 bits per heavy atom. The van der Waals surface area contributed by atoms with Crippen LogP contribution >= 0.6 is 11.3 Å². The number of pyridine rings is 1. The van der Waals surface area contributed by atoms with E-state index in [1.807, 2.05) is 33.0 Å². The Bertz CT molecular complexity index is 1110. The normalized spacial score (nSPS) is 18.3. The first-order chi connectivity index (χ1) is 14.7. The van der Waals surface area contributed by atoms with Crippen LogP contribution < -0.4 is 16.0 Å². The van der Waals surface area contributed by atoms with Crippen LogP contribution in [-0.4, -0.2) is 51.7 Å². The number of alkyl carbamates (subject to hydrolysis) is 1. The van der Waals surface area contributed by atoms with E-state index >= 15 is 0 Å². The number of nitrogens with one attached hydrogen (secondary N) is 4. The number of nitrogens with zero attached hydrogens (tertiary/aromatic N) is 2. The fourth-order valence-corrected chi connectivity index (χ4v) is 4.30. The standard InChI is InChI=1S/C21H26N6O3S/c1-21(2,3)30-20(29)26-12-7-11(8-12)25-16-13-5-6-23-17(13)24-9-14(16)19-27-15(10-31-19)18(28)22-4/h5-6,9-12H,7-8H2,1-4H3,(H,22,28)(H,26,29)(H2,23,24,25). The molecule has 1 saturated carbocycles. The molecule has 10 heteroatoms. The minimum atomic E-state index is -0.515. The van der Waals surface area contributed by atoms with E-state index in [1.165, 1.54) is 11.3 Å². The number of anilines is 1. The van der Waals surface area contributed by atoms with E-state index in [-0.39, 0.29) is 18.0 Å². The van der Waals surface area contributed by atoms with E-state index in [0.29, 0.717) is 5.69 Å². The van der Waals surface area contributed by atoms with Gasteiger partial charge in [0.15, 0.2) is 0 Å². The molecule has 1 aliphatic rings. The molecular weight excluding hydrogens is 416 g/mol. The van der Waals surface area contributed by atoms with E-state index in [1.54, 1.807) is 18.6 Å². The molecule has 4 rings (SSSR count). The number of carbonyl (C=O) groups excluding carboxylic acids is 2. The SMILES string of the molecule is CNC(=O)c1csc(-c2cnc3[nH]ccc3c2NC2CC(NC(=O)OC(C)(C)C)C2)n1. The zero-order valence-electron chi connectivity index (χ0n) is 17.9. The fourth-order valence-electron chi connectivity index (χ4n) is 3.49. The average molecular weight is 443 g/mol. The third-order valence-electron chi connectivity index (χ3n) is 4.99. The number of aromatic amines is 1. The van der Waals surface area contributed by atoms with Gasteiger partial charge < -0.3 is 25.7 Å². The Kier molecular flexibility index (Phi) is 5.57. The van der Waals surface area contributed by atoms with Gasteiger partial charge in [0.1, 0.15) is 21.9 Å². The molecule has 0 aliphatic heterocycles. The summed E-state index contributed by atoms with van der Waals surface area (Å²) >= 11 is 1.40. The predicted octanol–water partition coefficient (Wildman–Crippen LogP) is 3.51. The maximum absolute atomic E-state index is 12.0. The number of fused-ring (bicyclic) bond motifs is 1. The van der Waals surface area contributed by atoms with Crippen molar-refractivity contribution in [3.63, 3.8) is 0 Å². The molecule has 2 amide bonds. The number of carbonyl (C=O) groups is 2. The first-order valence-electron chi connectivity index (χ1n) is 10.1. The number of rotatable bonds is 5. The lowest BCUT2D eigenvalue weighted by Gasteiger charge is -2.37. The molecule has 0 bridgehead atoms. The summed E-state index contributed by atoms with van der Waals surface area (Å²) in [7, 11) is 1.58. The lowest BCUT2D eigenvalue weighted by atomic mass is 9.86. The van der Waals surface area contributed by atoms with Gasteiger partial charge >= 0.3 is 6.09 Å². The Morgan fingerprint density at radius 1 is 1.26 bits per heavy atom. The van der Waals surface area contributed by atoms with E-state index in [2.05, 4.69) is 30.9 Å². The number of amides is 2. The zero-order valence-corrected chi connectivity index (χ0v) is 18.7. The number of aromatic nitrogens is 3. The smallest absolute Gasteiger partial charge is 0.407 e. The average Bonchev–Trinajstić information content (AvgIpc) is 3.33. The fraction of sp³-hybridized carbons (Fsp3) is 0.429. The maximum Gasteiger partial charge on any atom is 0.407 e. The first kappa shape index (κ1) is 21.1. The number of thiazole rings is 1. The summed E-state index contributed by atoms with van der Waals surface area (Å²) in [6.45, 7) is 5.54. The summed E-state index contributed by atoms with van der Waals surface area (Å²) < 4.78 is 5.33. The molecule has 31 heavy (non-hydrogen) atoms. The monoisotopic (exact) mass is 442 g/mol. The predicted molar refractivity (Wildman–Crippen MR) is 120 cm³/mol. The third-order valence-corrected chi connectivity index (χ3v) is 5.86. The van der Waals surface area contributed by atoms with Gasteiger partial charge in [-0.15, -0.1) is 11.3 Å². The molecule has 3 heterocycles. The van der Waals surface area contributed by atoms with Crippen molar-refractivity contribution < 1.29 is 14.3 Å². The second-order valence-electron chi connectivity index (χ2n) is 8.56. The van der Waals surface area contributed by atoms with Crippen molar-refractivity contribution >= 4 is 40.1 Å². The molecule has 0 aromatic carbocycles. The van der Waals surface area contributed by atoms with Crippen LogP contribution in [0.2, 0.25) is 0 Å². The molecule has 3 aromatic rings. The minimum absolute atomic E-state index is 0.0686. The van der Waals surface area contributed by atoms with E-state index in [9.17, 15) is 9.59 Å². The van der Waals surface area contributed by atoms with Gasteiger partial charge in [0, 0.05) is 42.3 Å². The van der Waals surface area contributed by atoms with Gasteiger partial charge in [0.2, 0.25) is 0 Å². The van der Waals surface area contributed by atoms with Crippen LogP contribution in [0.25, 0.3) is 21.6 Å².